The summed E-state index contributed by atoms with van der Waals surface area (Å²) in [5.74, 6) is 0.192. The van der Waals surface area contributed by atoms with Crippen molar-refractivity contribution in [1.29, 1.82) is 0 Å². The molecule has 0 bridgehead atoms. The molecular formula is C9H12N2O2S. The fourth-order valence-corrected chi connectivity index (χ4v) is 2.32. The first-order chi connectivity index (χ1) is 6.83. The first kappa shape index (κ1) is 9.73. The monoisotopic (exact) mass is 212 g/mol. The second-order valence-corrected chi connectivity index (χ2v) is 4.08. The highest BCUT2D eigenvalue weighted by molar-refractivity contribution is 7.08. The molecule has 0 saturated carbocycles. The van der Waals surface area contributed by atoms with Gasteiger partial charge in [-0.3, -0.25) is 4.79 Å². The summed E-state index contributed by atoms with van der Waals surface area (Å²) in [7, 11) is 0. The zero-order valence-electron chi connectivity index (χ0n) is 8.02. The molecule has 4 nitrogen and oxygen atoms in total. The van der Waals surface area contributed by atoms with Crippen LogP contribution in [0.3, 0.4) is 0 Å². The van der Waals surface area contributed by atoms with Crippen molar-refractivity contribution in [3.05, 3.63) is 10.6 Å². The fourth-order valence-electron chi connectivity index (χ4n) is 1.55. The van der Waals surface area contributed by atoms with Crippen LogP contribution in [0.1, 0.15) is 28.7 Å². The van der Waals surface area contributed by atoms with E-state index in [1.807, 2.05) is 6.92 Å². The van der Waals surface area contributed by atoms with Crippen LogP contribution in [0.5, 0.6) is 0 Å². The number of rotatable bonds is 3. The Morgan fingerprint density at radius 2 is 2.57 bits per heavy atom. The standard InChI is InChI=1S/C9H12N2O2S/c1-2-7-9(14-11-10-7)8(12)6-3-4-13-5-6/h6H,2-5H2,1H3. The number of ether oxygens (including phenoxy) is 1. The minimum Gasteiger partial charge on any atom is -0.381 e. The van der Waals surface area contributed by atoms with Crippen LogP contribution in [0.25, 0.3) is 0 Å². The number of Topliss-reactive ketones (excluding diaryl/α,β-unsaturated/α-hetero) is 1. The largest absolute Gasteiger partial charge is 0.381 e. The number of nitrogens with zero attached hydrogens (tertiary/aromatic N) is 2. The number of aromatic nitrogens is 2. The van der Waals surface area contributed by atoms with Gasteiger partial charge in [-0.2, -0.15) is 0 Å². The van der Waals surface area contributed by atoms with Gasteiger partial charge in [0.1, 0.15) is 4.88 Å². The van der Waals surface area contributed by atoms with E-state index in [0.29, 0.717) is 13.2 Å². The fraction of sp³-hybridized carbons (Fsp3) is 0.667. The third-order valence-electron chi connectivity index (χ3n) is 2.41. The van der Waals surface area contributed by atoms with Gasteiger partial charge in [0.15, 0.2) is 5.78 Å². The molecule has 1 aromatic rings. The minimum absolute atomic E-state index is 0.0301. The molecule has 0 N–H and O–H groups in total. The average molecular weight is 212 g/mol. The smallest absolute Gasteiger partial charge is 0.181 e. The molecule has 1 aliphatic heterocycles. The van der Waals surface area contributed by atoms with Gasteiger partial charge in [-0.25, -0.2) is 0 Å². The predicted molar refractivity (Wildman–Crippen MR) is 52.5 cm³/mol. The van der Waals surface area contributed by atoms with Crippen molar-refractivity contribution >= 4 is 17.3 Å². The third-order valence-corrected chi connectivity index (χ3v) is 3.20. The molecule has 2 heterocycles. The van der Waals surface area contributed by atoms with E-state index >= 15 is 0 Å². The van der Waals surface area contributed by atoms with Crippen LogP contribution in [0.2, 0.25) is 0 Å². The Kier molecular flexibility index (Phi) is 2.88. The minimum atomic E-state index is 0.0301. The molecule has 0 amide bonds. The maximum Gasteiger partial charge on any atom is 0.181 e. The SMILES string of the molecule is CCc1nnsc1C(=O)C1CCOC1. The van der Waals surface area contributed by atoms with Crippen molar-refractivity contribution in [2.45, 2.75) is 19.8 Å². The summed E-state index contributed by atoms with van der Waals surface area (Å²) in [6, 6.07) is 0. The van der Waals surface area contributed by atoms with Crippen molar-refractivity contribution in [1.82, 2.24) is 9.59 Å². The van der Waals surface area contributed by atoms with Gasteiger partial charge in [0, 0.05) is 12.5 Å². The van der Waals surface area contributed by atoms with Crippen LogP contribution >= 0.6 is 11.5 Å². The summed E-state index contributed by atoms with van der Waals surface area (Å²) in [6.07, 6.45) is 1.60. The van der Waals surface area contributed by atoms with Crippen LogP contribution < -0.4 is 0 Å². The summed E-state index contributed by atoms with van der Waals surface area (Å²) >= 11 is 1.20. The molecule has 5 heteroatoms. The van der Waals surface area contributed by atoms with Crippen LogP contribution in [0.4, 0.5) is 0 Å². The molecule has 0 spiro atoms. The van der Waals surface area contributed by atoms with E-state index in [-0.39, 0.29) is 11.7 Å². The molecule has 1 saturated heterocycles. The maximum atomic E-state index is 11.9. The number of carbonyl (C=O) groups is 1. The van der Waals surface area contributed by atoms with E-state index in [2.05, 4.69) is 9.59 Å². The normalized spacial score (nSPS) is 21.4. The van der Waals surface area contributed by atoms with E-state index in [1.165, 1.54) is 11.5 Å². The Balaban J connectivity index is 2.17. The highest BCUT2D eigenvalue weighted by Crippen LogP contribution is 2.22. The molecule has 1 fully saturated rings. The Labute approximate surface area is 86.4 Å². The molecular weight excluding hydrogens is 200 g/mol. The van der Waals surface area contributed by atoms with E-state index in [0.717, 1.165) is 23.4 Å². The number of hydrogen-bond acceptors (Lipinski definition) is 5. The second-order valence-electron chi connectivity index (χ2n) is 3.33. The molecule has 0 radical (unpaired) electrons. The summed E-state index contributed by atoms with van der Waals surface area (Å²) in [5, 5.41) is 3.93. The van der Waals surface area contributed by atoms with Crippen molar-refractivity contribution in [3.8, 4) is 0 Å². The predicted octanol–water partition coefficient (Wildman–Crippen LogP) is 1.32. The lowest BCUT2D eigenvalue weighted by Gasteiger charge is -2.03. The Morgan fingerprint density at radius 3 is 3.21 bits per heavy atom. The Morgan fingerprint density at radius 1 is 1.71 bits per heavy atom. The number of carbonyl (C=O) groups excluding carboxylic acids is 1. The lowest BCUT2D eigenvalue weighted by Crippen LogP contribution is -2.14. The quantitative estimate of drug-likeness (QED) is 0.709. The molecule has 2 rings (SSSR count). The molecule has 76 valence electrons. The Hall–Kier alpha value is -0.810. The van der Waals surface area contributed by atoms with E-state index < -0.39 is 0 Å². The average Bonchev–Trinajstić information content (AvgIpc) is 2.87. The maximum absolute atomic E-state index is 11.9. The van der Waals surface area contributed by atoms with E-state index in [4.69, 9.17) is 4.74 Å². The Bertz CT molecular complexity index is 331. The summed E-state index contributed by atoms with van der Waals surface area (Å²) in [5.41, 5.74) is 0.826. The van der Waals surface area contributed by atoms with Crippen molar-refractivity contribution in [2.75, 3.05) is 13.2 Å². The molecule has 1 aromatic heterocycles. The van der Waals surface area contributed by atoms with Gasteiger partial charge >= 0.3 is 0 Å². The summed E-state index contributed by atoms with van der Waals surface area (Å²) in [6.45, 7) is 3.24. The van der Waals surface area contributed by atoms with Gasteiger partial charge in [0.05, 0.1) is 12.3 Å². The van der Waals surface area contributed by atoms with E-state index in [1.54, 1.807) is 0 Å². The van der Waals surface area contributed by atoms with Crippen molar-refractivity contribution < 1.29 is 9.53 Å². The first-order valence-corrected chi connectivity index (χ1v) is 5.53. The molecule has 1 aliphatic rings. The van der Waals surface area contributed by atoms with Crippen LogP contribution in [0, 0.1) is 5.92 Å². The van der Waals surface area contributed by atoms with Gasteiger partial charge in [-0.05, 0) is 24.4 Å². The third kappa shape index (κ3) is 1.69. The van der Waals surface area contributed by atoms with Gasteiger partial charge in [-0.1, -0.05) is 11.4 Å². The van der Waals surface area contributed by atoms with Crippen molar-refractivity contribution in [3.63, 3.8) is 0 Å². The van der Waals surface area contributed by atoms with Crippen LogP contribution in [0.15, 0.2) is 0 Å². The molecule has 0 aliphatic carbocycles. The molecule has 14 heavy (non-hydrogen) atoms. The van der Waals surface area contributed by atoms with Crippen LogP contribution in [-0.2, 0) is 11.2 Å². The topological polar surface area (TPSA) is 52.1 Å². The van der Waals surface area contributed by atoms with Gasteiger partial charge < -0.3 is 4.74 Å². The highest BCUT2D eigenvalue weighted by atomic mass is 32.1. The lowest BCUT2D eigenvalue weighted by molar-refractivity contribution is 0.0903. The first-order valence-electron chi connectivity index (χ1n) is 4.76. The molecule has 1 unspecified atom stereocenters. The van der Waals surface area contributed by atoms with Gasteiger partial charge in [0.25, 0.3) is 0 Å². The van der Waals surface area contributed by atoms with Gasteiger partial charge in [-0.15, -0.1) is 5.10 Å². The highest BCUT2D eigenvalue weighted by Gasteiger charge is 2.27. The van der Waals surface area contributed by atoms with E-state index in [9.17, 15) is 4.79 Å². The zero-order chi connectivity index (χ0) is 9.97. The number of aryl methyl sites for hydroxylation is 1. The zero-order valence-corrected chi connectivity index (χ0v) is 8.84. The second kappa shape index (κ2) is 4.14. The van der Waals surface area contributed by atoms with Gasteiger partial charge in [0.2, 0.25) is 0 Å². The van der Waals surface area contributed by atoms with Crippen molar-refractivity contribution in [2.24, 2.45) is 5.92 Å². The number of hydrogen-bond donors (Lipinski definition) is 0. The summed E-state index contributed by atoms with van der Waals surface area (Å²) < 4.78 is 9.01. The van der Waals surface area contributed by atoms with Crippen LogP contribution in [-0.4, -0.2) is 28.6 Å². The molecule has 0 aromatic carbocycles. The lowest BCUT2D eigenvalue weighted by atomic mass is 10.0. The number of ketones is 1. The summed E-state index contributed by atoms with van der Waals surface area (Å²) in [4.78, 5) is 12.7. The molecule has 1 atom stereocenters.